The minimum atomic E-state index is -0.212. The van der Waals surface area contributed by atoms with Gasteiger partial charge in [-0.2, -0.15) is 0 Å². The predicted octanol–water partition coefficient (Wildman–Crippen LogP) is 3.83. The number of anilines is 1. The lowest BCUT2D eigenvalue weighted by Gasteiger charge is -2.25. The van der Waals surface area contributed by atoms with Crippen LogP contribution in [0.15, 0.2) is 41.8 Å². The van der Waals surface area contributed by atoms with Gasteiger partial charge in [-0.25, -0.2) is 4.79 Å². The van der Waals surface area contributed by atoms with Crippen molar-refractivity contribution in [2.45, 2.75) is 6.04 Å². The molecule has 2 amide bonds. The lowest BCUT2D eigenvalue weighted by Crippen LogP contribution is -2.36. The molecule has 0 bridgehead atoms. The zero-order valence-corrected chi connectivity index (χ0v) is 13.5. The Morgan fingerprint density at radius 2 is 2.05 bits per heavy atom. The Balaban J connectivity index is 1.98. The van der Waals surface area contributed by atoms with E-state index in [4.69, 9.17) is 11.6 Å². The van der Waals surface area contributed by atoms with Crippen LogP contribution in [0, 0.1) is 0 Å². The van der Waals surface area contributed by atoms with Crippen LogP contribution in [0.2, 0.25) is 5.02 Å². The summed E-state index contributed by atoms with van der Waals surface area (Å²) in [5.41, 5.74) is 1.00. The fourth-order valence-electron chi connectivity index (χ4n) is 2.01. The third kappa shape index (κ3) is 4.46. The highest BCUT2D eigenvalue weighted by molar-refractivity contribution is 7.14. The van der Waals surface area contributed by atoms with Crippen molar-refractivity contribution in [2.75, 3.05) is 26.0 Å². The van der Waals surface area contributed by atoms with E-state index in [0.717, 1.165) is 10.6 Å². The molecule has 0 unspecified atom stereocenters. The first-order chi connectivity index (χ1) is 10.1. The molecule has 1 atom stereocenters. The number of thiophene rings is 1. The van der Waals surface area contributed by atoms with Gasteiger partial charge in [0.1, 0.15) is 0 Å². The first-order valence-corrected chi connectivity index (χ1v) is 7.83. The molecule has 0 aliphatic rings. The number of rotatable bonds is 5. The quantitative estimate of drug-likeness (QED) is 0.878. The number of halogens is 1. The van der Waals surface area contributed by atoms with Gasteiger partial charge in [0.15, 0.2) is 0 Å². The molecule has 6 heteroatoms. The molecule has 2 aromatic rings. The summed E-state index contributed by atoms with van der Waals surface area (Å²) in [6, 6.07) is 11.3. The largest absolute Gasteiger partial charge is 0.336 e. The van der Waals surface area contributed by atoms with Crippen molar-refractivity contribution < 1.29 is 4.79 Å². The maximum Gasteiger partial charge on any atom is 0.319 e. The lowest BCUT2D eigenvalue weighted by molar-refractivity contribution is 0.243. The maximum absolute atomic E-state index is 11.9. The highest BCUT2D eigenvalue weighted by Crippen LogP contribution is 2.25. The van der Waals surface area contributed by atoms with Crippen molar-refractivity contribution in [3.63, 3.8) is 0 Å². The van der Waals surface area contributed by atoms with Gasteiger partial charge in [-0.1, -0.05) is 29.8 Å². The topological polar surface area (TPSA) is 44.4 Å². The average molecular weight is 324 g/mol. The molecular formula is C15H18ClN3OS. The summed E-state index contributed by atoms with van der Waals surface area (Å²) >= 11 is 7.73. The minimum absolute atomic E-state index is 0.0211. The predicted molar refractivity (Wildman–Crippen MR) is 89.2 cm³/mol. The Bertz CT molecular complexity index is 586. The number of likely N-dealkylation sites (N-methyl/N-ethyl adjacent to an activating group) is 1. The molecule has 0 radical (unpaired) electrons. The van der Waals surface area contributed by atoms with Crippen molar-refractivity contribution >= 4 is 34.0 Å². The Labute approximate surface area is 133 Å². The fraction of sp³-hybridized carbons (Fsp3) is 0.267. The molecule has 0 aliphatic heterocycles. The summed E-state index contributed by atoms with van der Waals surface area (Å²) in [7, 11) is 3.93. The van der Waals surface area contributed by atoms with Gasteiger partial charge in [-0.15, -0.1) is 11.3 Å². The third-order valence-electron chi connectivity index (χ3n) is 3.10. The summed E-state index contributed by atoms with van der Waals surface area (Å²) in [4.78, 5) is 13.9. The van der Waals surface area contributed by atoms with E-state index in [1.54, 1.807) is 0 Å². The van der Waals surface area contributed by atoms with E-state index in [1.807, 2.05) is 60.8 Å². The SMILES string of the molecule is CN(C)[C@H](CNC(=O)Nc1cccs1)c1ccccc1Cl. The Morgan fingerprint density at radius 1 is 1.29 bits per heavy atom. The van der Waals surface area contributed by atoms with Gasteiger partial charge in [-0.05, 0) is 43.2 Å². The second-order valence-corrected chi connectivity index (χ2v) is 6.17. The smallest absolute Gasteiger partial charge is 0.319 e. The van der Waals surface area contributed by atoms with Crippen molar-refractivity contribution in [3.05, 3.63) is 52.4 Å². The monoisotopic (exact) mass is 323 g/mol. The molecule has 112 valence electrons. The van der Waals surface area contributed by atoms with Gasteiger partial charge in [0.05, 0.1) is 11.0 Å². The molecule has 21 heavy (non-hydrogen) atoms. The number of nitrogens with one attached hydrogen (secondary N) is 2. The Morgan fingerprint density at radius 3 is 2.67 bits per heavy atom. The van der Waals surface area contributed by atoms with E-state index in [-0.39, 0.29) is 12.1 Å². The summed E-state index contributed by atoms with van der Waals surface area (Å²) < 4.78 is 0. The molecule has 2 rings (SSSR count). The summed E-state index contributed by atoms with van der Waals surface area (Å²) in [6.07, 6.45) is 0. The second-order valence-electron chi connectivity index (χ2n) is 4.81. The number of carbonyl (C=O) groups is 1. The number of urea groups is 1. The molecule has 1 aromatic carbocycles. The van der Waals surface area contributed by atoms with Crippen LogP contribution in [0.1, 0.15) is 11.6 Å². The van der Waals surface area contributed by atoms with E-state index in [9.17, 15) is 4.79 Å². The van der Waals surface area contributed by atoms with Crippen LogP contribution in [0.3, 0.4) is 0 Å². The number of carbonyl (C=O) groups excluding carboxylic acids is 1. The Kier molecular flexibility index (Phi) is 5.61. The van der Waals surface area contributed by atoms with E-state index in [1.165, 1.54) is 11.3 Å². The third-order valence-corrected chi connectivity index (χ3v) is 4.23. The van der Waals surface area contributed by atoms with Crippen LogP contribution >= 0.6 is 22.9 Å². The number of nitrogens with zero attached hydrogens (tertiary/aromatic N) is 1. The van der Waals surface area contributed by atoms with Gasteiger partial charge in [0.25, 0.3) is 0 Å². The summed E-state index contributed by atoms with van der Waals surface area (Å²) in [5, 5.41) is 9.13. The number of benzene rings is 1. The van der Waals surface area contributed by atoms with Crippen LogP contribution in [-0.2, 0) is 0 Å². The fourth-order valence-corrected chi connectivity index (χ4v) is 2.89. The summed E-state index contributed by atoms with van der Waals surface area (Å²) in [6.45, 7) is 0.480. The molecule has 0 spiro atoms. The van der Waals surface area contributed by atoms with E-state index < -0.39 is 0 Å². The molecular weight excluding hydrogens is 306 g/mol. The van der Waals surface area contributed by atoms with Crippen LogP contribution < -0.4 is 10.6 Å². The number of hydrogen-bond acceptors (Lipinski definition) is 3. The van der Waals surface area contributed by atoms with Crippen LogP contribution in [0.5, 0.6) is 0 Å². The minimum Gasteiger partial charge on any atom is -0.336 e. The molecule has 0 fully saturated rings. The van der Waals surface area contributed by atoms with Gasteiger partial charge in [-0.3, -0.25) is 5.32 Å². The zero-order valence-electron chi connectivity index (χ0n) is 12.0. The van der Waals surface area contributed by atoms with Crippen LogP contribution in [0.25, 0.3) is 0 Å². The van der Waals surface area contributed by atoms with Gasteiger partial charge in [0, 0.05) is 11.6 Å². The highest BCUT2D eigenvalue weighted by atomic mass is 35.5. The molecule has 0 saturated carbocycles. The van der Waals surface area contributed by atoms with Crippen LogP contribution in [-0.4, -0.2) is 31.6 Å². The molecule has 1 heterocycles. The maximum atomic E-state index is 11.9. The number of amides is 2. The molecule has 0 aliphatic carbocycles. The van der Waals surface area contributed by atoms with Gasteiger partial charge < -0.3 is 10.2 Å². The van der Waals surface area contributed by atoms with Crippen molar-refractivity contribution in [3.8, 4) is 0 Å². The summed E-state index contributed by atoms with van der Waals surface area (Å²) in [5.74, 6) is 0. The van der Waals surface area contributed by atoms with Crippen molar-refractivity contribution in [2.24, 2.45) is 0 Å². The van der Waals surface area contributed by atoms with E-state index >= 15 is 0 Å². The van der Waals surface area contributed by atoms with E-state index in [0.29, 0.717) is 11.6 Å². The average Bonchev–Trinajstić information content (AvgIpc) is 2.93. The van der Waals surface area contributed by atoms with Crippen LogP contribution in [0.4, 0.5) is 9.80 Å². The van der Waals surface area contributed by atoms with Crippen molar-refractivity contribution in [1.82, 2.24) is 10.2 Å². The molecule has 2 N–H and O–H groups in total. The van der Waals surface area contributed by atoms with Gasteiger partial charge >= 0.3 is 6.03 Å². The van der Waals surface area contributed by atoms with Gasteiger partial charge in [0.2, 0.25) is 0 Å². The van der Waals surface area contributed by atoms with E-state index in [2.05, 4.69) is 10.6 Å². The first-order valence-electron chi connectivity index (χ1n) is 6.57. The lowest BCUT2D eigenvalue weighted by atomic mass is 10.1. The molecule has 0 saturated heterocycles. The van der Waals surface area contributed by atoms with Crippen molar-refractivity contribution in [1.29, 1.82) is 0 Å². The second kappa shape index (κ2) is 7.45. The Hall–Kier alpha value is -1.56. The highest BCUT2D eigenvalue weighted by Gasteiger charge is 2.17. The number of hydrogen-bond donors (Lipinski definition) is 2. The normalized spacial score (nSPS) is 12.2. The molecule has 1 aromatic heterocycles. The zero-order chi connectivity index (χ0) is 15.2. The first kappa shape index (κ1) is 15.8. The molecule has 4 nitrogen and oxygen atoms in total. The standard InChI is InChI=1S/C15H18ClN3OS/c1-19(2)13(11-6-3-4-7-12(11)16)10-17-15(20)18-14-8-5-9-21-14/h3-9,13H,10H2,1-2H3,(H2,17,18,20)/t13-/m1/s1.